The van der Waals surface area contributed by atoms with Crippen LogP contribution in [0.5, 0.6) is 5.75 Å². The molecule has 3 aromatic carbocycles. The lowest BCUT2D eigenvalue weighted by atomic mass is 10.0. The highest BCUT2D eigenvalue weighted by Crippen LogP contribution is 2.27. The summed E-state index contributed by atoms with van der Waals surface area (Å²) in [5.74, 6) is -0.859. The number of rotatable bonds is 20. The van der Waals surface area contributed by atoms with Gasteiger partial charge in [-0.05, 0) is 60.0 Å². The molecule has 0 spiro atoms. The van der Waals surface area contributed by atoms with E-state index in [4.69, 9.17) is 10.00 Å². The maximum absolute atomic E-state index is 13.1. The van der Waals surface area contributed by atoms with E-state index in [0.29, 0.717) is 23.4 Å². The molecule has 0 aliphatic carbocycles. The number of fused-ring (bicyclic) bond motifs is 1. The van der Waals surface area contributed by atoms with Gasteiger partial charge in [-0.1, -0.05) is 128 Å². The monoisotopic (exact) mass is 620 g/mol. The van der Waals surface area contributed by atoms with Crippen molar-refractivity contribution in [2.45, 2.75) is 110 Å². The van der Waals surface area contributed by atoms with E-state index in [1.165, 1.54) is 101 Å². The van der Waals surface area contributed by atoms with Crippen LogP contribution in [0.2, 0.25) is 0 Å². The van der Waals surface area contributed by atoms with E-state index in [1.54, 1.807) is 30.3 Å². The first-order valence-electron chi connectivity index (χ1n) is 17.3. The summed E-state index contributed by atoms with van der Waals surface area (Å²) in [4.78, 5) is 40.2. The van der Waals surface area contributed by atoms with Crippen molar-refractivity contribution in [1.29, 1.82) is 5.26 Å². The lowest BCUT2D eigenvalue weighted by molar-refractivity contribution is 0.0650. The summed E-state index contributed by atoms with van der Waals surface area (Å²) >= 11 is 0. The molecular formula is C40H48N2O4. The van der Waals surface area contributed by atoms with Crippen molar-refractivity contribution in [3.8, 4) is 22.9 Å². The number of ether oxygens (including phenoxy) is 1. The number of hydrogen-bond donors (Lipinski definition) is 0. The third-order valence-electron chi connectivity index (χ3n) is 8.85. The lowest BCUT2D eigenvalue weighted by Crippen LogP contribution is -2.30. The standard InChI is InChI=1S/C40H48N2O4/c1-2-3-4-5-6-7-8-9-10-11-12-13-14-15-16-17-28-42-38(43)36-27-24-34(29-37(36)39(42)44)40(45)46-35-25-22-33(23-26-35)32-20-18-31(30-41)19-21-32/h18-27,29H,2-17,28H2,1H3. The van der Waals surface area contributed by atoms with Crippen LogP contribution >= 0.6 is 0 Å². The van der Waals surface area contributed by atoms with Crippen molar-refractivity contribution in [2.75, 3.05) is 6.54 Å². The SMILES string of the molecule is CCCCCCCCCCCCCCCCCCN1C(=O)c2ccc(C(=O)Oc3ccc(-c4ccc(C#N)cc4)cc3)cc2C1=O. The van der Waals surface area contributed by atoms with Crippen LogP contribution < -0.4 is 4.74 Å². The minimum absolute atomic E-state index is 0.223. The van der Waals surface area contributed by atoms with Gasteiger partial charge in [-0.15, -0.1) is 0 Å². The Morgan fingerprint density at radius 3 is 1.63 bits per heavy atom. The second kappa shape index (κ2) is 18.7. The minimum Gasteiger partial charge on any atom is -0.423 e. The normalized spacial score (nSPS) is 12.3. The molecule has 2 amide bonds. The fraction of sp³-hybridized carbons (Fsp3) is 0.450. The Morgan fingerprint density at radius 2 is 1.11 bits per heavy atom. The van der Waals surface area contributed by atoms with Gasteiger partial charge < -0.3 is 4.74 Å². The minimum atomic E-state index is -0.592. The molecule has 6 nitrogen and oxygen atoms in total. The highest BCUT2D eigenvalue weighted by molar-refractivity contribution is 6.22. The molecule has 0 unspecified atom stereocenters. The van der Waals surface area contributed by atoms with Gasteiger partial charge in [0, 0.05) is 6.54 Å². The van der Waals surface area contributed by atoms with E-state index >= 15 is 0 Å². The summed E-state index contributed by atoms with van der Waals surface area (Å²) in [5.41, 5.74) is 3.28. The maximum atomic E-state index is 13.1. The third kappa shape index (κ3) is 10.1. The van der Waals surface area contributed by atoms with Crippen molar-refractivity contribution < 1.29 is 19.1 Å². The molecule has 242 valence electrons. The number of carbonyl (C=O) groups excluding carboxylic acids is 3. The number of nitrogens with zero attached hydrogens (tertiary/aromatic N) is 2. The highest BCUT2D eigenvalue weighted by atomic mass is 16.5. The molecule has 0 radical (unpaired) electrons. The Bertz CT molecular complexity index is 1470. The predicted molar refractivity (Wildman–Crippen MR) is 183 cm³/mol. The van der Waals surface area contributed by atoms with Crippen LogP contribution in [0.25, 0.3) is 11.1 Å². The molecule has 46 heavy (non-hydrogen) atoms. The first-order chi connectivity index (χ1) is 22.5. The fourth-order valence-corrected chi connectivity index (χ4v) is 6.06. The molecule has 4 rings (SSSR count). The van der Waals surface area contributed by atoms with Crippen molar-refractivity contribution in [2.24, 2.45) is 0 Å². The average Bonchev–Trinajstić information content (AvgIpc) is 3.32. The Hall–Kier alpha value is -4.24. The Kier molecular flexibility index (Phi) is 14.0. The highest BCUT2D eigenvalue weighted by Gasteiger charge is 2.35. The van der Waals surface area contributed by atoms with Gasteiger partial charge in [0.15, 0.2) is 0 Å². The molecule has 3 aromatic rings. The third-order valence-corrected chi connectivity index (χ3v) is 8.85. The number of benzene rings is 3. The van der Waals surface area contributed by atoms with Gasteiger partial charge in [0.25, 0.3) is 11.8 Å². The molecular weight excluding hydrogens is 572 g/mol. The van der Waals surface area contributed by atoms with Crippen LogP contribution in [-0.2, 0) is 0 Å². The van der Waals surface area contributed by atoms with Gasteiger partial charge in [-0.2, -0.15) is 5.26 Å². The van der Waals surface area contributed by atoms with Crippen molar-refractivity contribution in [3.05, 3.63) is 89.0 Å². The average molecular weight is 621 g/mol. The van der Waals surface area contributed by atoms with Crippen LogP contribution in [0.15, 0.2) is 66.7 Å². The van der Waals surface area contributed by atoms with Crippen LogP contribution in [-0.4, -0.2) is 29.2 Å². The summed E-state index contributed by atoms with van der Waals surface area (Å²) in [5, 5.41) is 8.99. The van der Waals surface area contributed by atoms with Crippen molar-refractivity contribution in [1.82, 2.24) is 4.90 Å². The van der Waals surface area contributed by atoms with Crippen LogP contribution in [0.1, 0.15) is 146 Å². The van der Waals surface area contributed by atoms with E-state index in [0.717, 1.165) is 30.4 Å². The van der Waals surface area contributed by atoms with Crippen molar-refractivity contribution >= 4 is 17.8 Å². The molecule has 0 saturated carbocycles. The summed E-state index contributed by atoms with van der Waals surface area (Å²) in [7, 11) is 0. The summed E-state index contributed by atoms with van der Waals surface area (Å²) in [6, 6.07) is 21.0. The quantitative estimate of drug-likeness (QED) is 0.0543. The smallest absolute Gasteiger partial charge is 0.343 e. The molecule has 1 aliphatic rings. The first-order valence-corrected chi connectivity index (χ1v) is 17.3. The first kappa shape index (κ1) is 34.6. The summed E-state index contributed by atoms with van der Waals surface area (Å²) in [6.07, 6.45) is 20.4. The van der Waals surface area contributed by atoms with Crippen LogP contribution in [0, 0.1) is 11.3 Å². The largest absolute Gasteiger partial charge is 0.423 e. The second-order valence-corrected chi connectivity index (χ2v) is 12.4. The van der Waals surface area contributed by atoms with Crippen LogP contribution in [0.4, 0.5) is 0 Å². The zero-order valence-electron chi connectivity index (χ0n) is 27.4. The Balaban J connectivity index is 1.13. The molecule has 0 atom stereocenters. The Morgan fingerprint density at radius 1 is 0.630 bits per heavy atom. The molecule has 0 aromatic heterocycles. The number of esters is 1. The fourth-order valence-electron chi connectivity index (χ4n) is 6.06. The molecule has 1 aliphatic heterocycles. The number of nitriles is 1. The van der Waals surface area contributed by atoms with E-state index in [9.17, 15) is 14.4 Å². The van der Waals surface area contributed by atoms with Gasteiger partial charge in [-0.3, -0.25) is 14.5 Å². The van der Waals surface area contributed by atoms with Gasteiger partial charge in [0.05, 0.1) is 28.3 Å². The zero-order chi connectivity index (χ0) is 32.6. The maximum Gasteiger partial charge on any atom is 0.343 e. The number of carbonyl (C=O) groups is 3. The van der Waals surface area contributed by atoms with Gasteiger partial charge in [0.2, 0.25) is 0 Å². The number of imide groups is 1. The zero-order valence-corrected chi connectivity index (χ0v) is 27.4. The predicted octanol–water partition coefficient (Wildman–Crippen LogP) is 10.3. The van der Waals surface area contributed by atoms with E-state index in [2.05, 4.69) is 13.0 Å². The Labute approximate surface area is 274 Å². The second-order valence-electron chi connectivity index (χ2n) is 12.4. The van der Waals surface area contributed by atoms with E-state index in [-0.39, 0.29) is 22.9 Å². The van der Waals surface area contributed by atoms with Crippen LogP contribution in [0.3, 0.4) is 0 Å². The van der Waals surface area contributed by atoms with E-state index < -0.39 is 5.97 Å². The van der Waals surface area contributed by atoms with Crippen molar-refractivity contribution in [3.63, 3.8) is 0 Å². The molecule has 0 N–H and O–H groups in total. The summed E-state index contributed by atoms with van der Waals surface area (Å²) in [6.45, 7) is 2.66. The van der Waals surface area contributed by atoms with E-state index in [1.807, 2.05) is 24.3 Å². The number of hydrogen-bond acceptors (Lipinski definition) is 5. The molecule has 0 bridgehead atoms. The lowest BCUT2D eigenvalue weighted by Gasteiger charge is -2.13. The van der Waals surface area contributed by atoms with Gasteiger partial charge in [0.1, 0.15) is 5.75 Å². The molecule has 6 heteroatoms. The van der Waals surface area contributed by atoms with Gasteiger partial charge >= 0.3 is 5.97 Å². The molecule has 1 heterocycles. The molecule has 0 fully saturated rings. The topological polar surface area (TPSA) is 87.5 Å². The van der Waals surface area contributed by atoms with Gasteiger partial charge in [-0.25, -0.2) is 4.79 Å². The summed E-state index contributed by atoms with van der Waals surface area (Å²) < 4.78 is 5.55. The number of unbranched alkanes of at least 4 members (excludes halogenated alkanes) is 15. The number of amides is 2. The molecule has 0 saturated heterocycles.